The van der Waals surface area contributed by atoms with Crippen molar-refractivity contribution in [3.8, 4) is 11.5 Å². The van der Waals surface area contributed by atoms with E-state index in [-0.39, 0.29) is 18.0 Å². The van der Waals surface area contributed by atoms with Crippen LogP contribution in [0, 0.1) is 5.82 Å². The number of ether oxygens (including phenoxy) is 3. The normalized spacial score (nSPS) is 28.8. The fraction of sp³-hybridized carbons (Fsp3) is 0.571. The molecule has 2 aliphatic rings. The minimum absolute atomic E-state index is 0.139. The zero-order chi connectivity index (χ0) is 13.6. The van der Waals surface area contributed by atoms with Crippen molar-refractivity contribution in [1.82, 2.24) is 0 Å². The second-order valence-electron chi connectivity index (χ2n) is 5.47. The molecular weight excluding hydrogens is 251 g/mol. The van der Waals surface area contributed by atoms with Crippen molar-refractivity contribution in [3.05, 3.63) is 23.5 Å². The van der Waals surface area contributed by atoms with Gasteiger partial charge in [-0.2, -0.15) is 0 Å². The van der Waals surface area contributed by atoms with E-state index in [9.17, 15) is 9.50 Å². The van der Waals surface area contributed by atoms with Gasteiger partial charge in [0, 0.05) is 6.07 Å². The van der Waals surface area contributed by atoms with E-state index in [1.54, 1.807) is 0 Å². The molecular formula is C14H17FO4. The Balaban J connectivity index is 1.77. The molecule has 1 aromatic rings. The number of rotatable bonds is 1. The number of phenolic OH excluding ortho intramolecular Hbond substituents is 1. The number of benzene rings is 1. The number of aryl methyl sites for hydroxylation is 1. The molecule has 1 fully saturated rings. The van der Waals surface area contributed by atoms with Crippen LogP contribution in [0.4, 0.5) is 4.39 Å². The summed E-state index contributed by atoms with van der Waals surface area (Å²) >= 11 is 0. The topological polar surface area (TPSA) is 47.9 Å². The summed E-state index contributed by atoms with van der Waals surface area (Å²) < 4.78 is 30.4. The van der Waals surface area contributed by atoms with Gasteiger partial charge in [0.25, 0.3) is 0 Å². The molecule has 2 heterocycles. The van der Waals surface area contributed by atoms with Gasteiger partial charge in [-0.1, -0.05) is 0 Å². The molecule has 0 spiro atoms. The van der Waals surface area contributed by atoms with E-state index in [0.29, 0.717) is 12.4 Å². The van der Waals surface area contributed by atoms with Gasteiger partial charge in [-0.3, -0.25) is 0 Å². The molecule has 3 rings (SSSR count). The van der Waals surface area contributed by atoms with Crippen LogP contribution >= 0.6 is 0 Å². The van der Waals surface area contributed by atoms with Gasteiger partial charge in [0.15, 0.2) is 17.4 Å². The molecule has 1 N–H and O–H groups in total. The van der Waals surface area contributed by atoms with Gasteiger partial charge in [0.05, 0.1) is 6.61 Å². The molecule has 0 amide bonds. The maximum absolute atomic E-state index is 13.3. The average Bonchev–Trinajstić information content (AvgIpc) is 2.71. The number of fused-ring (bicyclic) bond motifs is 1. The van der Waals surface area contributed by atoms with Crippen LogP contribution in [-0.4, -0.2) is 29.7 Å². The lowest BCUT2D eigenvalue weighted by molar-refractivity contribution is -0.149. The highest BCUT2D eigenvalue weighted by Gasteiger charge is 2.39. The first-order valence-electron chi connectivity index (χ1n) is 6.44. The zero-order valence-electron chi connectivity index (χ0n) is 11.0. The number of phenols is 1. The van der Waals surface area contributed by atoms with Gasteiger partial charge in [0.2, 0.25) is 0 Å². The second-order valence-corrected chi connectivity index (χ2v) is 5.47. The van der Waals surface area contributed by atoms with Gasteiger partial charge >= 0.3 is 0 Å². The summed E-state index contributed by atoms with van der Waals surface area (Å²) in [6.45, 7) is 4.20. The maximum Gasteiger partial charge on any atom is 0.168 e. The smallest absolute Gasteiger partial charge is 0.168 e. The third-order valence-electron chi connectivity index (χ3n) is 3.55. The molecule has 19 heavy (non-hydrogen) atoms. The Hall–Kier alpha value is -1.33. The van der Waals surface area contributed by atoms with Crippen LogP contribution < -0.4 is 4.74 Å². The first-order chi connectivity index (χ1) is 8.94. The Morgan fingerprint density at radius 3 is 2.79 bits per heavy atom. The SMILES string of the molecule is CC1(C)OC[C@@H]([C@@H]2CCc3cc(O)c(F)cc3O2)O1. The van der Waals surface area contributed by atoms with Crippen LogP contribution in [0.15, 0.2) is 12.1 Å². The molecule has 2 atom stereocenters. The minimum atomic E-state index is -0.664. The van der Waals surface area contributed by atoms with Gasteiger partial charge in [0.1, 0.15) is 18.0 Å². The fourth-order valence-electron chi connectivity index (χ4n) is 2.57. The molecule has 4 nitrogen and oxygen atoms in total. The van der Waals surface area contributed by atoms with Crippen molar-refractivity contribution in [2.45, 2.75) is 44.7 Å². The van der Waals surface area contributed by atoms with Crippen LogP contribution in [0.3, 0.4) is 0 Å². The van der Waals surface area contributed by atoms with Crippen LogP contribution in [0.2, 0.25) is 0 Å². The van der Waals surface area contributed by atoms with E-state index < -0.39 is 11.6 Å². The molecule has 0 radical (unpaired) electrons. The summed E-state index contributed by atoms with van der Waals surface area (Å²) in [4.78, 5) is 0. The van der Waals surface area contributed by atoms with Gasteiger partial charge in [-0.05, 0) is 38.3 Å². The number of halogens is 1. The lowest BCUT2D eigenvalue weighted by Gasteiger charge is -2.30. The Morgan fingerprint density at radius 1 is 1.32 bits per heavy atom. The van der Waals surface area contributed by atoms with Gasteiger partial charge in [-0.25, -0.2) is 4.39 Å². The van der Waals surface area contributed by atoms with E-state index in [2.05, 4.69) is 0 Å². The van der Waals surface area contributed by atoms with Crippen molar-refractivity contribution in [2.75, 3.05) is 6.61 Å². The molecule has 2 aliphatic heterocycles. The largest absolute Gasteiger partial charge is 0.505 e. The highest BCUT2D eigenvalue weighted by atomic mass is 19.1. The summed E-state index contributed by atoms with van der Waals surface area (Å²) in [6, 6.07) is 2.66. The van der Waals surface area contributed by atoms with E-state index in [1.165, 1.54) is 12.1 Å². The number of hydrogen-bond acceptors (Lipinski definition) is 4. The molecule has 0 aromatic heterocycles. The predicted molar refractivity (Wildman–Crippen MR) is 65.7 cm³/mol. The lowest BCUT2D eigenvalue weighted by Crippen LogP contribution is -2.37. The third-order valence-corrected chi connectivity index (χ3v) is 3.55. The third kappa shape index (κ3) is 2.40. The van der Waals surface area contributed by atoms with Gasteiger partial charge in [-0.15, -0.1) is 0 Å². The number of hydrogen-bond donors (Lipinski definition) is 1. The Morgan fingerprint density at radius 2 is 2.11 bits per heavy atom. The van der Waals surface area contributed by atoms with Crippen molar-refractivity contribution >= 4 is 0 Å². The highest BCUT2D eigenvalue weighted by Crippen LogP contribution is 2.36. The van der Waals surface area contributed by atoms with Crippen molar-refractivity contribution in [2.24, 2.45) is 0 Å². The first-order valence-corrected chi connectivity index (χ1v) is 6.44. The zero-order valence-corrected chi connectivity index (χ0v) is 11.0. The second kappa shape index (κ2) is 4.35. The molecule has 0 bridgehead atoms. The molecule has 0 aliphatic carbocycles. The summed E-state index contributed by atoms with van der Waals surface area (Å²) in [5.41, 5.74) is 0.827. The van der Waals surface area contributed by atoms with Crippen LogP contribution in [0.25, 0.3) is 0 Å². The summed E-state index contributed by atoms with van der Waals surface area (Å²) in [5.74, 6) is -1.10. The minimum Gasteiger partial charge on any atom is -0.505 e. The van der Waals surface area contributed by atoms with Crippen molar-refractivity contribution < 1.29 is 23.7 Å². The Kier molecular flexibility index (Phi) is 2.91. The standard InChI is InChI=1S/C14H17FO4/c1-14(2)17-7-13(19-14)11-4-3-8-5-10(16)9(15)6-12(8)18-11/h5-6,11,13,16H,3-4,7H2,1-2H3/t11-,13-/m0/s1. The van der Waals surface area contributed by atoms with E-state index >= 15 is 0 Å². The van der Waals surface area contributed by atoms with Crippen LogP contribution in [0.5, 0.6) is 11.5 Å². The van der Waals surface area contributed by atoms with Crippen LogP contribution in [-0.2, 0) is 15.9 Å². The lowest BCUT2D eigenvalue weighted by atomic mass is 9.99. The molecule has 104 valence electrons. The first kappa shape index (κ1) is 12.7. The predicted octanol–water partition coefficient (Wildman–Crippen LogP) is 2.38. The quantitative estimate of drug-likeness (QED) is 0.849. The molecule has 1 saturated heterocycles. The number of aromatic hydroxyl groups is 1. The molecule has 0 saturated carbocycles. The molecule has 1 aromatic carbocycles. The fourth-order valence-corrected chi connectivity index (χ4v) is 2.57. The van der Waals surface area contributed by atoms with E-state index in [4.69, 9.17) is 14.2 Å². The summed E-state index contributed by atoms with van der Waals surface area (Å²) in [6.07, 6.45) is 1.22. The van der Waals surface area contributed by atoms with Gasteiger partial charge < -0.3 is 19.3 Å². The van der Waals surface area contributed by atoms with Crippen molar-refractivity contribution in [1.29, 1.82) is 0 Å². The van der Waals surface area contributed by atoms with E-state index in [0.717, 1.165) is 18.4 Å². The Labute approximate surface area is 111 Å². The van der Waals surface area contributed by atoms with E-state index in [1.807, 2.05) is 13.8 Å². The average molecular weight is 268 g/mol. The monoisotopic (exact) mass is 268 g/mol. The maximum atomic E-state index is 13.3. The highest BCUT2D eigenvalue weighted by molar-refractivity contribution is 5.42. The summed E-state index contributed by atoms with van der Waals surface area (Å²) in [7, 11) is 0. The molecule has 0 unspecified atom stereocenters. The Bertz CT molecular complexity index is 500. The van der Waals surface area contributed by atoms with Crippen LogP contribution in [0.1, 0.15) is 25.8 Å². The van der Waals surface area contributed by atoms with Crippen molar-refractivity contribution in [3.63, 3.8) is 0 Å². The molecule has 5 heteroatoms. The summed E-state index contributed by atoms with van der Waals surface area (Å²) in [5, 5.41) is 9.35.